The van der Waals surface area contributed by atoms with Crippen molar-refractivity contribution in [1.29, 1.82) is 0 Å². The van der Waals surface area contributed by atoms with Crippen LogP contribution in [0.15, 0.2) is 24.4 Å². The summed E-state index contributed by atoms with van der Waals surface area (Å²) in [7, 11) is 0. The van der Waals surface area contributed by atoms with E-state index in [0.29, 0.717) is 12.0 Å². The number of ketones is 1. The lowest BCUT2D eigenvalue weighted by molar-refractivity contribution is 0.102. The summed E-state index contributed by atoms with van der Waals surface area (Å²) >= 11 is 1.47. The number of nitrogens with zero attached hydrogens (tertiary/aromatic N) is 2. The first-order valence-corrected chi connectivity index (χ1v) is 9.45. The van der Waals surface area contributed by atoms with E-state index in [1.165, 1.54) is 11.3 Å². The van der Waals surface area contributed by atoms with E-state index in [1.54, 1.807) is 13.1 Å². The van der Waals surface area contributed by atoms with Gasteiger partial charge in [0.05, 0.1) is 15.4 Å². The van der Waals surface area contributed by atoms with Crippen LogP contribution in [0.2, 0.25) is 0 Å². The third-order valence-electron chi connectivity index (χ3n) is 4.38. The third kappa shape index (κ3) is 4.44. The van der Waals surface area contributed by atoms with Crippen molar-refractivity contribution in [3.05, 3.63) is 29.3 Å². The highest BCUT2D eigenvalue weighted by Gasteiger charge is 2.37. The average Bonchev–Trinajstić information content (AvgIpc) is 2.94. The van der Waals surface area contributed by atoms with Gasteiger partial charge in [-0.05, 0) is 65.7 Å². The first-order valence-electron chi connectivity index (χ1n) is 8.64. The zero-order valence-corrected chi connectivity index (χ0v) is 16.3. The third-order valence-corrected chi connectivity index (χ3v) is 5.59. The summed E-state index contributed by atoms with van der Waals surface area (Å²) < 4.78 is 0. The van der Waals surface area contributed by atoms with Crippen LogP contribution >= 0.6 is 11.3 Å². The minimum absolute atomic E-state index is 0.0706. The number of hydrogen-bond donors (Lipinski definition) is 2. The number of thiophene rings is 1. The number of piperidine rings is 1. The Morgan fingerprint density at radius 2 is 1.88 bits per heavy atom. The highest BCUT2D eigenvalue weighted by molar-refractivity contribution is 7.17. The van der Waals surface area contributed by atoms with Gasteiger partial charge in [-0.1, -0.05) is 0 Å². The molecule has 0 saturated carbocycles. The van der Waals surface area contributed by atoms with E-state index in [2.05, 4.69) is 48.3 Å². The fraction of sp³-hybridized carbons (Fsp3) is 0.526. The molecule has 1 saturated heterocycles. The Morgan fingerprint density at radius 3 is 2.48 bits per heavy atom. The second-order valence-electron chi connectivity index (χ2n) is 8.13. The Bertz CT molecular complexity index is 765. The van der Waals surface area contributed by atoms with Gasteiger partial charge in [-0.2, -0.15) is 0 Å². The predicted octanol–water partition coefficient (Wildman–Crippen LogP) is 4.13. The summed E-state index contributed by atoms with van der Waals surface area (Å²) in [6.45, 7) is 10.5. The molecule has 3 heterocycles. The van der Waals surface area contributed by atoms with Gasteiger partial charge < -0.3 is 10.6 Å². The largest absolute Gasteiger partial charge is 0.351 e. The molecular formula is C19H26N4OS. The van der Waals surface area contributed by atoms with Crippen molar-refractivity contribution < 1.29 is 4.79 Å². The van der Waals surface area contributed by atoms with Crippen molar-refractivity contribution in [2.24, 2.45) is 0 Å². The second-order valence-corrected chi connectivity index (χ2v) is 9.21. The number of Topliss-reactive ketones (excluding diaryl/α,β-unsaturated/α-hetero) is 1. The Balaban J connectivity index is 1.78. The molecule has 25 heavy (non-hydrogen) atoms. The smallest absolute Gasteiger partial charge is 0.223 e. The topological polar surface area (TPSA) is 66.9 Å². The Hall–Kier alpha value is -1.79. The second kappa shape index (κ2) is 6.50. The SMILES string of the molecule is CC(=O)c1ccc(-c2ccnc(NC3CC(C)(C)NC(C)(C)C3)n2)s1. The van der Waals surface area contributed by atoms with Crippen molar-refractivity contribution in [2.45, 2.75) is 64.6 Å². The maximum Gasteiger partial charge on any atom is 0.223 e. The number of nitrogens with one attached hydrogen (secondary N) is 2. The monoisotopic (exact) mass is 358 g/mol. The van der Waals surface area contributed by atoms with Gasteiger partial charge in [-0.25, -0.2) is 9.97 Å². The highest BCUT2D eigenvalue weighted by Crippen LogP contribution is 2.31. The van der Waals surface area contributed by atoms with Crippen molar-refractivity contribution in [1.82, 2.24) is 15.3 Å². The molecule has 2 aromatic rings. The van der Waals surface area contributed by atoms with Crippen LogP contribution < -0.4 is 10.6 Å². The van der Waals surface area contributed by atoms with Crippen LogP contribution in [-0.4, -0.2) is 32.9 Å². The zero-order valence-electron chi connectivity index (χ0n) is 15.5. The number of anilines is 1. The lowest BCUT2D eigenvalue weighted by Gasteiger charge is -2.46. The zero-order chi connectivity index (χ0) is 18.2. The van der Waals surface area contributed by atoms with Gasteiger partial charge >= 0.3 is 0 Å². The summed E-state index contributed by atoms with van der Waals surface area (Å²) in [6, 6.07) is 6.01. The minimum atomic E-state index is 0.0706. The Kier molecular flexibility index (Phi) is 4.68. The predicted molar refractivity (Wildman–Crippen MR) is 103 cm³/mol. The maximum absolute atomic E-state index is 11.5. The van der Waals surface area contributed by atoms with Crippen molar-refractivity contribution in [3.63, 3.8) is 0 Å². The standard InChI is InChI=1S/C19H26N4OS/c1-12(24)15-6-7-16(25-15)14-8-9-20-17(22-14)21-13-10-18(2,3)23-19(4,5)11-13/h6-9,13,23H,10-11H2,1-5H3,(H,20,21,22). The molecule has 0 amide bonds. The number of rotatable bonds is 4. The molecule has 1 fully saturated rings. The van der Waals surface area contributed by atoms with Gasteiger partial charge in [0.2, 0.25) is 5.95 Å². The summed E-state index contributed by atoms with van der Waals surface area (Å²) in [5.41, 5.74) is 0.991. The molecular weight excluding hydrogens is 332 g/mol. The molecule has 6 heteroatoms. The van der Waals surface area contributed by atoms with E-state index in [4.69, 9.17) is 0 Å². The van der Waals surface area contributed by atoms with E-state index >= 15 is 0 Å². The molecule has 3 rings (SSSR count). The quantitative estimate of drug-likeness (QED) is 0.805. The van der Waals surface area contributed by atoms with E-state index in [9.17, 15) is 4.79 Å². The van der Waals surface area contributed by atoms with E-state index in [-0.39, 0.29) is 16.9 Å². The van der Waals surface area contributed by atoms with Gasteiger partial charge in [0.1, 0.15) is 0 Å². The van der Waals surface area contributed by atoms with Crippen LogP contribution in [0.5, 0.6) is 0 Å². The van der Waals surface area contributed by atoms with Crippen molar-refractivity contribution in [3.8, 4) is 10.6 Å². The van der Waals surface area contributed by atoms with Crippen LogP contribution in [-0.2, 0) is 0 Å². The minimum Gasteiger partial charge on any atom is -0.351 e. The average molecular weight is 359 g/mol. The Morgan fingerprint density at radius 1 is 1.20 bits per heavy atom. The molecule has 0 unspecified atom stereocenters. The number of carbonyl (C=O) groups is 1. The molecule has 2 N–H and O–H groups in total. The molecule has 5 nitrogen and oxygen atoms in total. The first kappa shape index (κ1) is 18.0. The van der Waals surface area contributed by atoms with E-state index in [1.807, 2.05) is 18.2 Å². The molecule has 0 spiro atoms. The van der Waals surface area contributed by atoms with Crippen LogP contribution in [0.3, 0.4) is 0 Å². The molecule has 134 valence electrons. The molecule has 1 aliphatic rings. The maximum atomic E-state index is 11.5. The van der Waals surface area contributed by atoms with Gasteiger partial charge in [0, 0.05) is 23.3 Å². The van der Waals surface area contributed by atoms with Crippen LogP contribution in [0.1, 0.15) is 57.1 Å². The summed E-state index contributed by atoms with van der Waals surface area (Å²) in [6.07, 6.45) is 3.80. The van der Waals surface area contributed by atoms with Crippen molar-refractivity contribution >= 4 is 23.1 Å². The highest BCUT2D eigenvalue weighted by atomic mass is 32.1. The molecule has 0 aromatic carbocycles. The fourth-order valence-corrected chi connectivity index (χ4v) is 4.71. The molecule has 0 radical (unpaired) electrons. The van der Waals surface area contributed by atoms with Gasteiger partial charge in [-0.15, -0.1) is 11.3 Å². The van der Waals surface area contributed by atoms with E-state index in [0.717, 1.165) is 28.3 Å². The summed E-state index contributed by atoms with van der Waals surface area (Å²) in [4.78, 5) is 22.3. The van der Waals surface area contributed by atoms with Gasteiger partial charge in [0.15, 0.2) is 5.78 Å². The molecule has 2 aromatic heterocycles. The molecule has 0 atom stereocenters. The number of hydrogen-bond acceptors (Lipinski definition) is 6. The first-order chi connectivity index (χ1) is 11.6. The lowest BCUT2D eigenvalue weighted by atomic mass is 9.80. The fourth-order valence-electron chi connectivity index (χ4n) is 3.84. The summed E-state index contributed by atoms with van der Waals surface area (Å²) in [5, 5.41) is 7.19. The van der Waals surface area contributed by atoms with Crippen molar-refractivity contribution in [2.75, 3.05) is 5.32 Å². The van der Waals surface area contributed by atoms with Crippen LogP contribution in [0.25, 0.3) is 10.6 Å². The van der Waals surface area contributed by atoms with Gasteiger partial charge in [0.25, 0.3) is 0 Å². The number of carbonyl (C=O) groups excluding carboxylic acids is 1. The van der Waals surface area contributed by atoms with Crippen LogP contribution in [0.4, 0.5) is 5.95 Å². The molecule has 1 aliphatic heterocycles. The lowest BCUT2D eigenvalue weighted by Crippen LogP contribution is -2.60. The molecule has 0 bridgehead atoms. The van der Waals surface area contributed by atoms with Crippen LogP contribution in [0, 0.1) is 0 Å². The summed E-state index contributed by atoms with van der Waals surface area (Å²) in [5.74, 6) is 0.733. The van der Waals surface area contributed by atoms with E-state index < -0.39 is 0 Å². The molecule has 0 aliphatic carbocycles. The Labute approximate surface area is 153 Å². The number of aromatic nitrogens is 2. The van der Waals surface area contributed by atoms with Gasteiger partial charge in [-0.3, -0.25) is 4.79 Å². The normalized spacial score (nSPS) is 19.6.